The second kappa shape index (κ2) is 4.90. The van der Waals surface area contributed by atoms with Gasteiger partial charge in [0, 0.05) is 5.92 Å². The van der Waals surface area contributed by atoms with Crippen molar-refractivity contribution in [2.75, 3.05) is 6.54 Å². The predicted octanol–water partition coefficient (Wildman–Crippen LogP) is 4.03. The average Bonchev–Trinajstić information content (AvgIpc) is 2.76. The summed E-state index contributed by atoms with van der Waals surface area (Å²) < 4.78 is 6.52. The minimum absolute atomic E-state index is 0.274. The van der Waals surface area contributed by atoms with E-state index >= 15 is 0 Å². The van der Waals surface area contributed by atoms with Crippen molar-refractivity contribution in [2.45, 2.75) is 25.3 Å². The van der Waals surface area contributed by atoms with E-state index in [1.165, 1.54) is 11.1 Å². The number of furan rings is 1. The summed E-state index contributed by atoms with van der Waals surface area (Å²) in [6.45, 7) is 3.08. The maximum absolute atomic E-state index is 5.72. The van der Waals surface area contributed by atoms with E-state index in [0.29, 0.717) is 5.92 Å². The van der Waals surface area contributed by atoms with Crippen molar-refractivity contribution in [3.05, 3.63) is 58.0 Å². The van der Waals surface area contributed by atoms with Gasteiger partial charge < -0.3 is 9.73 Å². The molecule has 2 unspecified atom stereocenters. The molecule has 1 N–H and O–H groups in total. The molecule has 0 saturated heterocycles. The minimum atomic E-state index is 0.274. The molecule has 1 heterocycles. The van der Waals surface area contributed by atoms with E-state index in [2.05, 4.69) is 58.5 Å². The van der Waals surface area contributed by atoms with Crippen LogP contribution in [0.2, 0.25) is 0 Å². The van der Waals surface area contributed by atoms with Crippen LogP contribution >= 0.6 is 15.9 Å². The van der Waals surface area contributed by atoms with E-state index in [-0.39, 0.29) is 6.04 Å². The third-order valence-electron chi connectivity index (χ3n) is 3.62. The first kappa shape index (κ1) is 12.0. The van der Waals surface area contributed by atoms with Gasteiger partial charge >= 0.3 is 0 Å². The molecule has 3 rings (SSSR count). The van der Waals surface area contributed by atoms with Gasteiger partial charge in [-0.3, -0.25) is 0 Å². The van der Waals surface area contributed by atoms with Crippen molar-refractivity contribution in [1.29, 1.82) is 0 Å². The van der Waals surface area contributed by atoms with E-state index < -0.39 is 0 Å². The Bertz CT molecular complexity index is 549. The first-order chi connectivity index (χ1) is 8.79. The zero-order chi connectivity index (χ0) is 12.5. The van der Waals surface area contributed by atoms with Crippen molar-refractivity contribution in [2.24, 2.45) is 0 Å². The highest BCUT2D eigenvalue weighted by Gasteiger charge is 2.34. The van der Waals surface area contributed by atoms with Gasteiger partial charge in [-0.25, -0.2) is 0 Å². The van der Waals surface area contributed by atoms with Crippen molar-refractivity contribution in [1.82, 2.24) is 5.32 Å². The highest BCUT2D eigenvalue weighted by molar-refractivity contribution is 9.10. The van der Waals surface area contributed by atoms with Gasteiger partial charge in [0.05, 0.1) is 6.04 Å². The average molecular weight is 306 g/mol. The van der Waals surface area contributed by atoms with E-state index in [1.807, 2.05) is 6.07 Å². The standard InChI is InChI=1S/C15H16BrNO/c1-2-17-15(13-7-8-14(16)18-13)12-9-10-5-3-4-6-11(10)12/h3-8,12,15,17H,2,9H2,1H3. The summed E-state index contributed by atoms with van der Waals surface area (Å²) in [7, 11) is 0. The van der Waals surface area contributed by atoms with E-state index in [0.717, 1.165) is 23.4 Å². The zero-order valence-corrected chi connectivity index (χ0v) is 11.9. The molecule has 2 aromatic rings. The van der Waals surface area contributed by atoms with Gasteiger partial charge in [0.1, 0.15) is 5.76 Å². The fraction of sp³-hybridized carbons (Fsp3) is 0.333. The summed E-state index contributed by atoms with van der Waals surface area (Å²) in [6, 6.07) is 13.0. The molecule has 2 atom stereocenters. The van der Waals surface area contributed by atoms with E-state index in [9.17, 15) is 0 Å². The van der Waals surface area contributed by atoms with Gasteiger partial charge in [0.2, 0.25) is 0 Å². The topological polar surface area (TPSA) is 25.2 Å². The lowest BCUT2D eigenvalue weighted by Crippen LogP contribution is -2.33. The number of halogens is 1. The maximum atomic E-state index is 5.72. The van der Waals surface area contributed by atoms with Gasteiger partial charge in [-0.15, -0.1) is 0 Å². The zero-order valence-electron chi connectivity index (χ0n) is 10.3. The van der Waals surface area contributed by atoms with Gasteiger partial charge in [-0.05, 0) is 52.2 Å². The SMILES string of the molecule is CCNC(c1ccc(Br)o1)C1Cc2ccccc21. The molecule has 94 valence electrons. The van der Waals surface area contributed by atoms with Crippen molar-refractivity contribution in [3.8, 4) is 0 Å². The molecule has 3 heteroatoms. The fourth-order valence-corrected chi connectivity index (χ4v) is 3.07. The highest BCUT2D eigenvalue weighted by Crippen LogP contribution is 2.43. The minimum Gasteiger partial charge on any atom is -0.453 e. The molecule has 1 aromatic heterocycles. The summed E-state index contributed by atoms with van der Waals surface area (Å²) in [5, 5.41) is 3.54. The molecule has 1 aliphatic rings. The molecule has 0 spiro atoms. The molecule has 1 aromatic carbocycles. The van der Waals surface area contributed by atoms with Crippen molar-refractivity contribution >= 4 is 15.9 Å². The fourth-order valence-electron chi connectivity index (χ4n) is 2.75. The second-order valence-electron chi connectivity index (χ2n) is 4.69. The lowest BCUT2D eigenvalue weighted by molar-refractivity contribution is 0.344. The van der Waals surface area contributed by atoms with Gasteiger partial charge in [0.15, 0.2) is 4.67 Å². The molecule has 0 radical (unpaired) electrons. The molecule has 0 bridgehead atoms. The third kappa shape index (κ3) is 2.02. The third-order valence-corrected chi connectivity index (χ3v) is 4.05. The molecule has 0 saturated carbocycles. The number of benzene rings is 1. The molecular weight excluding hydrogens is 290 g/mol. The lowest BCUT2D eigenvalue weighted by atomic mass is 9.73. The summed E-state index contributed by atoms with van der Waals surface area (Å²) in [4.78, 5) is 0. The number of fused-ring (bicyclic) bond motifs is 1. The first-order valence-corrected chi connectivity index (χ1v) is 7.15. The predicted molar refractivity (Wildman–Crippen MR) is 75.7 cm³/mol. The Labute approximate surface area is 116 Å². The Morgan fingerprint density at radius 2 is 2.17 bits per heavy atom. The normalized spacial score (nSPS) is 19.1. The smallest absolute Gasteiger partial charge is 0.169 e. The van der Waals surface area contributed by atoms with Gasteiger partial charge in [-0.1, -0.05) is 31.2 Å². The molecule has 2 nitrogen and oxygen atoms in total. The second-order valence-corrected chi connectivity index (χ2v) is 5.47. The summed E-state index contributed by atoms with van der Waals surface area (Å²) in [5.41, 5.74) is 2.92. The number of hydrogen-bond acceptors (Lipinski definition) is 2. The Morgan fingerprint density at radius 1 is 1.33 bits per heavy atom. The van der Waals surface area contributed by atoms with Crippen LogP contribution in [-0.4, -0.2) is 6.54 Å². The van der Waals surface area contributed by atoms with Crippen LogP contribution in [0.5, 0.6) is 0 Å². The van der Waals surface area contributed by atoms with Crippen LogP contribution in [-0.2, 0) is 6.42 Å². The Morgan fingerprint density at radius 3 is 2.83 bits per heavy atom. The quantitative estimate of drug-likeness (QED) is 0.922. The van der Waals surface area contributed by atoms with Crippen LogP contribution in [0.25, 0.3) is 0 Å². The summed E-state index contributed by atoms with van der Waals surface area (Å²) >= 11 is 3.38. The van der Waals surface area contributed by atoms with Crippen LogP contribution in [0.3, 0.4) is 0 Å². The van der Waals surface area contributed by atoms with Crippen molar-refractivity contribution < 1.29 is 4.42 Å². The Hall–Kier alpha value is -1.06. The van der Waals surface area contributed by atoms with Crippen LogP contribution in [0, 0.1) is 0 Å². The van der Waals surface area contributed by atoms with Crippen LogP contribution in [0.1, 0.15) is 35.8 Å². The summed E-state index contributed by atoms with van der Waals surface area (Å²) in [5.74, 6) is 1.54. The Kier molecular flexibility index (Phi) is 3.27. The van der Waals surface area contributed by atoms with Crippen LogP contribution < -0.4 is 5.32 Å². The van der Waals surface area contributed by atoms with Crippen molar-refractivity contribution in [3.63, 3.8) is 0 Å². The van der Waals surface area contributed by atoms with E-state index in [4.69, 9.17) is 4.42 Å². The highest BCUT2D eigenvalue weighted by atomic mass is 79.9. The largest absolute Gasteiger partial charge is 0.453 e. The summed E-state index contributed by atoms with van der Waals surface area (Å²) in [6.07, 6.45) is 1.13. The molecule has 0 fully saturated rings. The molecule has 1 aliphatic carbocycles. The molecule has 0 aliphatic heterocycles. The van der Waals surface area contributed by atoms with E-state index in [1.54, 1.807) is 0 Å². The van der Waals surface area contributed by atoms with Gasteiger partial charge in [-0.2, -0.15) is 0 Å². The molecular formula is C15H16BrNO. The Balaban J connectivity index is 1.89. The molecule has 18 heavy (non-hydrogen) atoms. The van der Waals surface area contributed by atoms with Crippen LogP contribution in [0.15, 0.2) is 45.5 Å². The first-order valence-electron chi connectivity index (χ1n) is 6.36. The lowest BCUT2D eigenvalue weighted by Gasteiger charge is -2.36. The molecule has 0 amide bonds. The number of hydrogen-bond donors (Lipinski definition) is 1. The van der Waals surface area contributed by atoms with Gasteiger partial charge in [0.25, 0.3) is 0 Å². The number of rotatable bonds is 4. The number of likely N-dealkylation sites (N-methyl/N-ethyl adjacent to an activating group) is 1. The number of nitrogens with one attached hydrogen (secondary N) is 1. The monoisotopic (exact) mass is 305 g/mol. The van der Waals surface area contributed by atoms with Crippen LogP contribution in [0.4, 0.5) is 0 Å². The maximum Gasteiger partial charge on any atom is 0.169 e.